The van der Waals surface area contributed by atoms with E-state index in [2.05, 4.69) is 126 Å². The second-order valence-electron chi connectivity index (χ2n) is 11.4. The van der Waals surface area contributed by atoms with Crippen LogP contribution in [0.15, 0.2) is 139 Å². The van der Waals surface area contributed by atoms with E-state index < -0.39 is 0 Å². The maximum atomic E-state index is 4.80. The van der Waals surface area contributed by atoms with Crippen LogP contribution in [0.4, 0.5) is 0 Å². The van der Waals surface area contributed by atoms with Crippen molar-refractivity contribution >= 4 is 27.5 Å². The Morgan fingerprint density at radius 1 is 0.707 bits per heavy atom. The Bertz CT molecular complexity index is 2110. The average molecular weight is 525 g/mol. The highest BCUT2D eigenvalue weighted by Crippen LogP contribution is 2.53. The Morgan fingerprint density at radius 2 is 1.56 bits per heavy atom. The lowest BCUT2D eigenvalue weighted by atomic mass is 9.78. The molecule has 0 bridgehead atoms. The lowest BCUT2D eigenvalue weighted by Crippen LogP contribution is -2.08. The minimum absolute atomic E-state index is 0.332. The van der Waals surface area contributed by atoms with Crippen LogP contribution in [-0.2, 0) is 0 Å². The predicted octanol–water partition coefficient (Wildman–Crippen LogP) is 9.75. The molecule has 3 aliphatic carbocycles. The highest BCUT2D eigenvalue weighted by Gasteiger charge is 2.34. The number of fused-ring (bicyclic) bond motifs is 6. The molecule has 0 fully saturated rings. The van der Waals surface area contributed by atoms with Crippen LogP contribution in [-0.4, -0.2) is 9.55 Å². The summed E-state index contributed by atoms with van der Waals surface area (Å²) in [7, 11) is 0. The topological polar surface area (TPSA) is 17.8 Å². The van der Waals surface area contributed by atoms with E-state index in [-0.39, 0.29) is 0 Å². The van der Waals surface area contributed by atoms with Crippen molar-refractivity contribution in [1.29, 1.82) is 0 Å². The van der Waals surface area contributed by atoms with Crippen LogP contribution in [0.3, 0.4) is 0 Å². The van der Waals surface area contributed by atoms with Crippen molar-refractivity contribution < 1.29 is 0 Å². The van der Waals surface area contributed by atoms with E-state index in [1.165, 1.54) is 60.8 Å². The largest absolute Gasteiger partial charge is 0.294 e. The van der Waals surface area contributed by atoms with Gasteiger partial charge in [0.1, 0.15) is 5.65 Å². The second kappa shape index (κ2) is 8.78. The van der Waals surface area contributed by atoms with Crippen LogP contribution in [0.1, 0.15) is 46.9 Å². The molecule has 2 nitrogen and oxygen atoms in total. The molecule has 0 saturated heterocycles. The molecule has 0 radical (unpaired) electrons. The van der Waals surface area contributed by atoms with E-state index in [4.69, 9.17) is 4.98 Å². The lowest BCUT2D eigenvalue weighted by Gasteiger charge is -2.26. The van der Waals surface area contributed by atoms with Gasteiger partial charge < -0.3 is 0 Å². The van der Waals surface area contributed by atoms with E-state index in [0.29, 0.717) is 11.8 Å². The van der Waals surface area contributed by atoms with Crippen LogP contribution < -0.4 is 0 Å². The molecular weight excluding hydrogens is 496 g/mol. The first kappa shape index (κ1) is 22.8. The van der Waals surface area contributed by atoms with Gasteiger partial charge in [0.05, 0.1) is 5.52 Å². The number of para-hydroxylation sites is 1. The molecule has 2 unspecified atom stereocenters. The molecule has 0 amide bonds. The van der Waals surface area contributed by atoms with E-state index in [0.717, 1.165) is 24.2 Å². The zero-order valence-corrected chi connectivity index (χ0v) is 22.7. The van der Waals surface area contributed by atoms with E-state index in [9.17, 15) is 0 Å². The van der Waals surface area contributed by atoms with Gasteiger partial charge in [-0.3, -0.25) is 4.57 Å². The van der Waals surface area contributed by atoms with Crippen molar-refractivity contribution in [3.05, 3.63) is 161 Å². The Balaban J connectivity index is 1.14. The number of rotatable bonds is 3. The molecular formula is C39H28N2. The third kappa shape index (κ3) is 3.34. The maximum Gasteiger partial charge on any atom is 0.145 e. The molecule has 2 heterocycles. The smallest absolute Gasteiger partial charge is 0.145 e. The van der Waals surface area contributed by atoms with Gasteiger partial charge in [-0.1, -0.05) is 91.0 Å². The lowest BCUT2D eigenvalue weighted by molar-refractivity contribution is 0.832. The van der Waals surface area contributed by atoms with Gasteiger partial charge in [0.2, 0.25) is 0 Å². The van der Waals surface area contributed by atoms with E-state index >= 15 is 0 Å². The summed E-state index contributed by atoms with van der Waals surface area (Å²) in [5.74, 6) is 0.807. The fraction of sp³-hybridized carbons (Fsp3) is 0.103. The number of benzene rings is 4. The highest BCUT2D eigenvalue weighted by molar-refractivity contribution is 6.08. The minimum Gasteiger partial charge on any atom is -0.294 e. The van der Waals surface area contributed by atoms with Crippen LogP contribution in [0.5, 0.6) is 0 Å². The van der Waals surface area contributed by atoms with Crippen molar-refractivity contribution in [2.75, 3.05) is 0 Å². The molecule has 2 aromatic heterocycles. The summed E-state index contributed by atoms with van der Waals surface area (Å²) in [6, 6.07) is 37.7. The first-order valence-electron chi connectivity index (χ1n) is 14.6. The Hall–Kier alpha value is -4.95. The van der Waals surface area contributed by atoms with Crippen LogP contribution >= 0.6 is 0 Å². The third-order valence-corrected chi connectivity index (χ3v) is 9.30. The SMILES string of the molecule is C1=CC(C2=CCC3c4ccccc4-c4cccc2c43)=CC(c2ccc3c(c2)c2cccnc2n3-c2ccccc2)C1. The number of aromatic nitrogens is 2. The molecule has 0 aliphatic heterocycles. The molecule has 2 atom stereocenters. The first-order valence-corrected chi connectivity index (χ1v) is 14.6. The third-order valence-electron chi connectivity index (χ3n) is 9.30. The fourth-order valence-corrected chi connectivity index (χ4v) is 7.50. The summed E-state index contributed by atoms with van der Waals surface area (Å²) in [4.78, 5) is 4.80. The summed E-state index contributed by atoms with van der Waals surface area (Å²) in [5, 5.41) is 2.46. The second-order valence-corrected chi connectivity index (χ2v) is 11.4. The molecule has 0 saturated carbocycles. The summed E-state index contributed by atoms with van der Waals surface area (Å²) in [6.07, 6.45) is 13.7. The first-order chi connectivity index (χ1) is 20.3. The zero-order chi connectivity index (χ0) is 26.9. The summed E-state index contributed by atoms with van der Waals surface area (Å²) >= 11 is 0. The van der Waals surface area contributed by atoms with Crippen molar-refractivity contribution in [3.63, 3.8) is 0 Å². The number of pyridine rings is 1. The van der Waals surface area contributed by atoms with Gasteiger partial charge in [-0.05, 0) is 93.8 Å². The maximum absolute atomic E-state index is 4.80. The molecule has 3 aliphatic rings. The van der Waals surface area contributed by atoms with Gasteiger partial charge in [-0.25, -0.2) is 4.98 Å². The average Bonchev–Trinajstić information content (AvgIpc) is 3.55. The number of nitrogens with zero attached hydrogens (tertiary/aromatic N) is 2. The molecule has 2 heteroatoms. The standard InChI is InChI=1S/C39H28N2/c1-2-11-28(12-3-1)41-37-21-18-26(24-36(37)35-17-8-22-40-39(35)41)25-9-6-10-27(23-25)29-19-20-34-31-14-5-4-13-30(31)33-16-7-15-32(29)38(33)34/h1-8,10-19,21-25,34H,9,20H2. The molecule has 0 N–H and O–H groups in total. The van der Waals surface area contributed by atoms with Crippen molar-refractivity contribution in [2.24, 2.45) is 0 Å². The Morgan fingerprint density at radius 3 is 2.51 bits per heavy atom. The van der Waals surface area contributed by atoms with E-state index in [1.807, 2.05) is 12.3 Å². The van der Waals surface area contributed by atoms with Crippen LogP contribution in [0.25, 0.3) is 44.3 Å². The molecule has 6 aromatic rings. The summed E-state index contributed by atoms with van der Waals surface area (Å²) in [6.45, 7) is 0. The van der Waals surface area contributed by atoms with Gasteiger partial charge in [0.15, 0.2) is 0 Å². The van der Waals surface area contributed by atoms with Crippen molar-refractivity contribution in [1.82, 2.24) is 9.55 Å². The van der Waals surface area contributed by atoms with Gasteiger partial charge in [0, 0.05) is 34.5 Å². The van der Waals surface area contributed by atoms with Crippen molar-refractivity contribution in [3.8, 4) is 16.8 Å². The fourth-order valence-electron chi connectivity index (χ4n) is 7.50. The van der Waals surface area contributed by atoms with Crippen LogP contribution in [0, 0.1) is 0 Å². The minimum atomic E-state index is 0.332. The quantitative estimate of drug-likeness (QED) is 0.225. The molecule has 0 spiro atoms. The van der Waals surface area contributed by atoms with Gasteiger partial charge >= 0.3 is 0 Å². The normalized spacial score (nSPS) is 18.7. The van der Waals surface area contributed by atoms with Crippen molar-refractivity contribution in [2.45, 2.75) is 24.7 Å². The Kier molecular flexibility index (Phi) is 4.89. The van der Waals surface area contributed by atoms with Crippen LogP contribution in [0.2, 0.25) is 0 Å². The zero-order valence-electron chi connectivity index (χ0n) is 22.7. The number of hydrogen-bond donors (Lipinski definition) is 0. The molecule has 41 heavy (non-hydrogen) atoms. The summed E-state index contributed by atoms with van der Waals surface area (Å²) < 4.78 is 2.29. The number of hydrogen-bond acceptors (Lipinski definition) is 1. The molecule has 194 valence electrons. The van der Waals surface area contributed by atoms with E-state index in [1.54, 1.807) is 0 Å². The molecule has 4 aromatic carbocycles. The highest BCUT2D eigenvalue weighted by atomic mass is 15.0. The Labute approximate surface area is 239 Å². The number of allylic oxidation sites excluding steroid dienone is 6. The van der Waals surface area contributed by atoms with Gasteiger partial charge in [0.25, 0.3) is 0 Å². The predicted molar refractivity (Wildman–Crippen MR) is 169 cm³/mol. The van der Waals surface area contributed by atoms with Gasteiger partial charge in [-0.15, -0.1) is 0 Å². The molecule has 9 rings (SSSR count). The monoisotopic (exact) mass is 524 g/mol. The summed E-state index contributed by atoms with van der Waals surface area (Å²) in [5.41, 5.74) is 14.7. The van der Waals surface area contributed by atoms with Gasteiger partial charge in [-0.2, -0.15) is 0 Å².